The van der Waals surface area contributed by atoms with Crippen LogP contribution in [0.3, 0.4) is 0 Å². The van der Waals surface area contributed by atoms with E-state index in [-0.39, 0.29) is 25.0 Å². The molecule has 0 unspecified atom stereocenters. The number of thiazole rings is 1. The number of hydrogen-bond acceptors (Lipinski definition) is 6. The third-order valence-electron chi connectivity index (χ3n) is 4.87. The topological polar surface area (TPSA) is 79.1 Å². The fourth-order valence-electron chi connectivity index (χ4n) is 3.27. The van der Waals surface area contributed by atoms with Gasteiger partial charge in [0.15, 0.2) is 4.80 Å². The Morgan fingerprint density at radius 3 is 2.39 bits per heavy atom. The Hall–Kier alpha value is -3.13. The lowest BCUT2D eigenvalue weighted by Crippen LogP contribution is -2.23. The van der Waals surface area contributed by atoms with Gasteiger partial charge >= 0.3 is 5.97 Å². The molecular formula is C25H30N2O5S. The first kappa shape index (κ1) is 24.5. The van der Waals surface area contributed by atoms with E-state index in [2.05, 4.69) is 11.9 Å². The molecule has 8 heteroatoms. The maximum Gasteiger partial charge on any atom is 0.326 e. The van der Waals surface area contributed by atoms with Crippen LogP contribution in [0, 0.1) is 0 Å². The van der Waals surface area contributed by atoms with Gasteiger partial charge in [0.1, 0.15) is 18.0 Å². The maximum absolute atomic E-state index is 12.9. The Labute approximate surface area is 197 Å². The van der Waals surface area contributed by atoms with Gasteiger partial charge in [-0.15, -0.1) is 0 Å². The average molecular weight is 471 g/mol. The van der Waals surface area contributed by atoms with E-state index < -0.39 is 0 Å². The lowest BCUT2D eigenvalue weighted by Gasteiger charge is -2.07. The van der Waals surface area contributed by atoms with Gasteiger partial charge < -0.3 is 18.8 Å². The normalized spacial score (nSPS) is 11.5. The number of carbonyl (C=O) groups is 2. The number of esters is 1. The third kappa shape index (κ3) is 6.68. The largest absolute Gasteiger partial charge is 0.494 e. The van der Waals surface area contributed by atoms with Crippen molar-refractivity contribution in [2.24, 2.45) is 4.99 Å². The molecule has 0 radical (unpaired) electrons. The fraction of sp³-hybridized carbons (Fsp3) is 0.400. The van der Waals surface area contributed by atoms with Crippen LogP contribution in [0.25, 0.3) is 10.2 Å². The minimum atomic E-state index is -0.387. The summed E-state index contributed by atoms with van der Waals surface area (Å²) in [4.78, 5) is 29.8. The van der Waals surface area contributed by atoms with E-state index >= 15 is 0 Å². The van der Waals surface area contributed by atoms with Crippen LogP contribution in [0.5, 0.6) is 11.5 Å². The summed E-state index contributed by atoms with van der Waals surface area (Å²) in [6, 6.07) is 12.6. The molecule has 2 aromatic carbocycles. The molecule has 0 saturated heterocycles. The van der Waals surface area contributed by atoms with Crippen LogP contribution in [0.4, 0.5) is 0 Å². The highest BCUT2D eigenvalue weighted by Crippen LogP contribution is 2.24. The molecule has 0 N–H and O–H groups in total. The predicted molar refractivity (Wildman–Crippen MR) is 129 cm³/mol. The van der Waals surface area contributed by atoms with Gasteiger partial charge in [-0.3, -0.25) is 9.59 Å². The maximum atomic E-state index is 12.9. The van der Waals surface area contributed by atoms with Gasteiger partial charge in [-0.1, -0.05) is 31.1 Å². The molecular weight excluding hydrogens is 440 g/mol. The number of carbonyl (C=O) groups excluding carboxylic acids is 2. The molecule has 0 spiro atoms. The standard InChI is InChI=1S/C25H30N2O5S/c1-4-7-8-15-32-19-11-9-18(10-12-19)24(29)26-25-27(17-23(28)31-6-3)21-14-13-20(30-5-2)16-22(21)33-25/h9-14,16H,4-8,15,17H2,1-3H3. The fourth-order valence-corrected chi connectivity index (χ4v) is 4.33. The van der Waals surface area contributed by atoms with Gasteiger partial charge in [0, 0.05) is 5.56 Å². The minimum absolute atomic E-state index is 0.0293. The number of amides is 1. The second-order valence-corrected chi connectivity index (χ2v) is 8.34. The molecule has 33 heavy (non-hydrogen) atoms. The van der Waals surface area contributed by atoms with Crippen molar-refractivity contribution >= 4 is 33.4 Å². The highest BCUT2D eigenvalue weighted by atomic mass is 32.1. The first-order valence-corrected chi connectivity index (χ1v) is 12.1. The summed E-state index contributed by atoms with van der Waals surface area (Å²) in [6.07, 6.45) is 3.27. The van der Waals surface area contributed by atoms with Gasteiger partial charge in [0.2, 0.25) is 0 Å². The number of unbranched alkanes of at least 4 members (excludes halogenated alkanes) is 2. The summed E-state index contributed by atoms with van der Waals surface area (Å²) in [5.74, 6) is 0.679. The minimum Gasteiger partial charge on any atom is -0.494 e. The van der Waals surface area contributed by atoms with Gasteiger partial charge in [-0.05, 0) is 62.7 Å². The van der Waals surface area contributed by atoms with Crippen LogP contribution in [0.1, 0.15) is 50.4 Å². The van der Waals surface area contributed by atoms with Crippen molar-refractivity contribution in [2.75, 3.05) is 19.8 Å². The van der Waals surface area contributed by atoms with E-state index in [4.69, 9.17) is 14.2 Å². The van der Waals surface area contributed by atoms with E-state index in [1.807, 2.05) is 25.1 Å². The van der Waals surface area contributed by atoms with Crippen LogP contribution in [-0.2, 0) is 16.1 Å². The summed E-state index contributed by atoms with van der Waals surface area (Å²) in [6.45, 7) is 7.29. The molecule has 0 fully saturated rings. The van der Waals surface area contributed by atoms with Gasteiger partial charge in [-0.25, -0.2) is 0 Å². The number of hydrogen-bond donors (Lipinski definition) is 0. The monoisotopic (exact) mass is 470 g/mol. The number of rotatable bonds is 11. The van der Waals surface area contributed by atoms with Crippen LogP contribution >= 0.6 is 11.3 Å². The molecule has 0 aliphatic carbocycles. The molecule has 3 rings (SSSR count). The van der Waals surface area contributed by atoms with Crippen LogP contribution in [-0.4, -0.2) is 36.3 Å². The molecule has 7 nitrogen and oxygen atoms in total. The molecule has 1 heterocycles. The molecule has 0 aliphatic rings. The van der Waals surface area contributed by atoms with E-state index in [0.29, 0.717) is 23.6 Å². The highest BCUT2D eigenvalue weighted by molar-refractivity contribution is 7.16. The zero-order valence-corrected chi connectivity index (χ0v) is 20.2. The second kappa shape index (κ2) is 12.2. The molecule has 3 aromatic rings. The number of aromatic nitrogens is 1. The summed E-state index contributed by atoms with van der Waals surface area (Å²) in [7, 11) is 0. The van der Waals surface area contributed by atoms with Gasteiger partial charge in [0.25, 0.3) is 5.91 Å². The summed E-state index contributed by atoms with van der Waals surface area (Å²) in [5.41, 5.74) is 1.24. The van der Waals surface area contributed by atoms with E-state index in [0.717, 1.165) is 41.0 Å². The lowest BCUT2D eigenvalue weighted by molar-refractivity contribution is -0.143. The Morgan fingerprint density at radius 2 is 1.70 bits per heavy atom. The Morgan fingerprint density at radius 1 is 0.939 bits per heavy atom. The molecule has 1 amide bonds. The Kier molecular flexibility index (Phi) is 9.06. The van der Waals surface area contributed by atoms with Crippen LogP contribution < -0.4 is 14.3 Å². The van der Waals surface area contributed by atoms with Crippen molar-refractivity contribution in [1.82, 2.24) is 4.57 Å². The van der Waals surface area contributed by atoms with Crippen molar-refractivity contribution in [2.45, 2.75) is 46.6 Å². The van der Waals surface area contributed by atoms with Crippen molar-refractivity contribution in [3.63, 3.8) is 0 Å². The first-order valence-electron chi connectivity index (χ1n) is 11.3. The smallest absolute Gasteiger partial charge is 0.326 e. The molecule has 176 valence electrons. The van der Waals surface area contributed by atoms with Crippen molar-refractivity contribution in [1.29, 1.82) is 0 Å². The quantitative estimate of drug-likeness (QED) is 0.292. The SMILES string of the molecule is CCCCCOc1ccc(C(=O)N=c2sc3cc(OCC)ccc3n2CC(=O)OCC)cc1. The molecule has 0 atom stereocenters. The average Bonchev–Trinajstić information content (AvgIpc) is 3.13. The number of ether oxygens (including phenoxy) is 3. The Balaban J connectivity index is 1.89. The molecule has 1 aromatic heterocycles. The van der Waals surface area contributed by atoms with Crippen molar-refractivity contribution in [3.8, 4) is 11.5 Å². The van der Waals surface area contributed by atoms with Gasteiger partial charge in [-0.2, -0.15) is 4.99 Å². The first-order chi connectivity index (χ1) is 16.0. The third-order valence-corrected chi connectivity index (χ3v) is 5.91. The summed E-state index contributed by atoms with van der Waals surface area (Å²) in [5, 5.41) is 0. The van der Waals surface area contributed by atoms with Crippen molar-refractivity contribution < 1.29 is 23.8 Å². The summed E-state index contributed by atoms with van der Waals surface area (Å²) < 4.78 is 19.0. The predicted octanol–water partition coefficient (Wildman–Crippen LogP) is 4.97. The zero-order chi connectivity index (χ0) is 23.6. The molecule has 0 bridgehead atoms. The van der Waals surface area contributed by atoms with E-state index in [9.17, 15) is 9.59 Å². The van der Waals surface area contributed by atoms with Gasteiger partial charge in [0.05, 0.1) is 30.0 Å². The van der Waals surface area contributed by atoms with E-state index in [1.54, 1.807) is 35.8 Å². The number of benzene rings is 2. The van der Waals surface area contributed by atoms with E-state index in [1.165, 1.54) is 11.3 Å². The summed E-state index contributed by atoms with van der Waals surface area (Å²) >= 11 is 1.33. The number of nitrogens with zero attached hydrogens (tertiary/aromatic N) is 2. The van der Waals surface area contributed by atoms with Crippen LogP contribution in [0.2, 0.25) is 0 Å². The molecule has 0 saturated carbocycles. The number of fused-ring (bicyclic) bond motifs is 1. The molecule has 0 aliphatic heterocycles. The highest BCUT2D eigenvalue weighted by Gasteiger charge is 2.14. The van der Waals surface area contributed by atoms with Crippen molar-refractivity contribution in [3.05, 3.63) is 52.8 Å². The second-order valence-electron chi connectivity index (χ2n) is 7.34. The Bertz CT molecular complexity index is 1150. The van der Waals surface area contributed by atoms with Crippen LogP contribution in [0.15, 0.2) is 47.5 Å². The lowest BCUT2D eigenvalue weighted by atomic mass is 10.2. The zero-order valence-electron chi connectivity index (χ0n) is 19.3.